The first-order valence-electron chi connectivity index (χ1n) is 3.06. The minimum Gasteiger partial charge on any atom is -0.479 e. The van der Waals surface area contributed by atoms with Gasteiger partial charge in [-0.3, -0.25) is 0 Å². The first-order valence-corrected chi connectivity index (χ1v) is 4.40. The summed E-state index contributed by atoms with van der Waals surface area (Å²) in [5.41, 5.74) is 0. The van der Waals surface area contributed by atoms with E-state index in [4.69, 9.17) is 20.4 Å². The third-order valence-electron chi connectivity index (χ3n) is 0.708. The van der Waals surface area contributed by atoms with Crippen LogP contribution < -0.4 is 0 Å². The summed E-state index contributed by atoms with van der Waals surface area (Å²) in [6.07, 6.45) is -0.954. The summed E-state index contributed by atoms with van der Waals surface area (Å²) < 4.78 is -1.50. The molecule has 0 bridgehead atoms. The molecule has 0 amide bonds. The molecule has 8 heteroatoms. The van der Waals surface area contributed by atoms with E-state index in [9.17, 15) is 4.79 Å². The summed E-state index contributed by atoms with van der Waals surface area (Å²) >= 11 is 10.4. The largest absolute Gasteiger partial charge is 0.479 e. The summed E-state index contributed by atoms with van der Waals surface area (Å²) in [4.78, 5) is 9.79. The van der Waals surface area contributed by atoms with Gasteiger partial charge in [0.15, 0.2) is 3.41 Å². The Balaban J connectivity index is 0. The lowest BCUT2D eigenvalue weighted by atomic mass is 10.4. The molecule has 0 aromatic heterocycles. The molecule has 0 spiro atoms. The van der Waals surface area contributed by atoms with Gasteiger partial charge in [0.1, 0.15) is 6.10 Å². The average Bonchev–Trinajstić information content (AvgIpc) is 2.02. The van der Waals surface area contributed by atoms with Gasteiger partial charge >= 0.3 is 5.97 Å². The van der Waals surface area contributed by atoms with Crippen LogP contribution in [0.4, 0.5) is 0 Å². The van der Waals surface area contributed by atoms with Gasteiger partial charge in [-0.2, -0.15) is 0 Å². The number of hydrogen-bond acceptors (Lipinski definition) is 7. The van der Waals surface area contributed by atoms with E-state index in [1.165, 1.54) is 0 Å². The fourth-order valence-corrected chi connectivity index (χ4v) is 0.0577. The van der Waals surface area contributed by atoms with E-state index in [1.54, 1.807) is 0 Å². The van der Waals surface area contributed by atoms with E-state index in [0.29, 0.717) is 0 Å². The second kappa shape index (κ2) is 7.77. The highest BCUT2D eigenvalue weighted by atomic mass is 32.2. The van der Waals surface area contributed by atoms with Crippen LogP contribution in [0.1, 0.15) is 0 Å². The summed E-state index contributed by atoms with van der Waals surface area (Å²) in [6.45, 7) is -0.729. The molecule has 5 nitrogen and oxygen atoms in total. The van der Waals surface area contributed by atoms with Crippen molar-refractivity contribution < 1.29 is 25.2 Å². The van der Waals surface area contributed by atoms with Crippen molar-refractivity contribution in [3.05, 3.63) is 0 Å². The number of carbonyl (C=O) groups is 1. The zero-order chi connectivity index (χ0) is 11.1. The highest BCUT2D eigenvalue weighted by Gasteiger charge is 2.23. The molecule has 0 radical (unpaired) electrons. The fraction of sp³-hybridized carbons (Fsp3) is 0.800. The summed E-state index contributed by atoms with van der Waals surface area (Å²) in [6, 6.07) is 0. The highest BCUT2D eigenvalue weighted by Crippen LogP contribution is 2.23. The molecule has 0 saturated heterocycles. The monoisotopic (exact) mass is 248 g/mol. The molecule has 80 valence electrons. The molecule has 0 aliphatic rings. The molecule has 0 aliphatic heterocycles. The molecule has 0 aliphatic carbocycles. The quantitative estimate of drug-likeness (QED) is 0.253. The molecule has 13 heavy (non-hydrogen) atoms. The third-order valence-corrected chi connectivity index (χ3v) is 1.28. The van der Waals surface area contributed by atoms with Gasteiger partial charge in [-0.25, -0.2) is 4.79 Å². The standard InChI is InChI=1S/C3H8O3.C2H4O2S3/c4-1-3(6)2-5;3-1(4)2(5,6)7/h3-6H,1-2H2;5-7H,(H,3,4). The number of aliphatic carboxylic acids is 1. The van der Waals surface area contributed by atoms with Crippen molar-refractivity contribution in [2.45, 2.75) is 9.52 Å². The van der Waals surface area contributed by atoms with Crippen molar-refractivity contribution in [1.29, 1.82) is 0 Å². The van der Waals surface area contributed by atoms with Crippen LogP contribution >= 0.6 is 37.9 Å². The maximum Gasteiger partial charge on any atom is 0.339 e. The van der Waals surface area contributed by atoms with Crippen molar-refractivity contribution >= 4 is 43.9 Å². The number of aliphatic hydroxyl groups is 3. The summed E-state index contributed by atoms with van der Waals surface area (Å²) in [5, 5.41) is 32.0. The van der Waals surface area contributed by atoms with E-state index < -0.39 is 15.5 Å². The Hall–Kier alpha value is 0.400. The van der Waals surface area contributed by atoms with Crippen LogP contribution in [-0.2, 0) is 4.79 Å². The molecule has 0 aromatic rings. The van der Waals surface area contributed by atoms with Crippen molar-refractivity contribution in [2.75, 3.05) is 13.2 Å². The fourth-order valence-electron chi connectivity index (χ4n) is 0.0577. The zero-order valence-corrected chi connectivity index (χ0v) is 9.21. The molecule has 4 N–H and O–H groups in total. The predicted molar refractivity (Wildman–Crippen MR) is 57.5 cm³/mol. The SMILES string of the molecule is O=C(O)C(S)(S)S.OCC(O)CO. The van der Waals surface area contributed by atoms with Gasteiger partial charge in [0.25, 0.3) is 0 Å². The number of rotatable bonds is 3. The highest BCUT2D eigenvalue weighted by molar-refractivity contribution is 8.18. The van der Waals surface area contributed by atoms with Crippen LogP contribution in [0.15, 0.2) is 0 Å². The summed E-state index contributed by atoms with van der Waals surface area (Å²) in [7, 11) is 0. The molecule has 0 saturated carbocycles. The van der Waals surface area contributed by atoms with Gasteiger partial charge in [-0.1, -0.05) is 0 Å². The lowest BCUT2D eigenvalue weighted by molar-refractivity contribution is -0.135. The molecule has 0 atom stereocenters. The second-order valence-electron chi connectivity index (χ2n) is 1.96. The first kappa shape index (κ1) is 15.9. The lowest BCUT2D eigenvalue weighted by Gasteiger charge is -2.05. The lowest BCUT2D eigenvalue weighted by Crippen LogP contribution is -2.17. The smallest absolute Gasteiger partial charge is 0.339 e. The molecular formula is C5H12O5S3. The predicted octanol–water partition coefficient (Wildman–Crippen LogP) is -1.15. The number of carboxylic acid groups (broad SMARTS) is 1. The zero-order valence-electron chi connectivity index (χ0n) is 6.53. The van der Waals surface area contributed by atoms with E-state index in [0.717, 1.165) is 0 Å². The van der Waals surface area contributed by atoms with Crippen LogP contribution in [0.5, 0.6) is 0 Å². The number of carboxylic acids is 1. The topological polar surface area (TPSA) is 98.0 Å². The molecule has 0 fully saturated rings. The number of thiol groups is 3. The van der Waals surface area contributed by atoms with Crippen LogP contribution in [0.2, 0.25) is 0 Å². The Kier molecular flexibility index (Phi) is 9.48. The van der Waals surface area contributed by atoms with E-state index >= 15 is 0 Å². The summed E-state index contributed by atoms with van der Waals surface area (Å²) in [5.74, 6) is -1.16. The van der Waals surface area contributed by atoms with Gasteiger partial charge in [0, 0.05) is 0 Å². The first-order chi connectivity index (χ1) is 5.75. The average molecular weight is 248 g/mol. The minimum atomic E-state index is -1.50. The molecule has 0 heterocycles. The molecule has 0 rings (SSSR count). The van der Waals surface area contributed by atoms with Crippen molar-refractivity contribution in [3.8, 4) is 0 Å². The third kappa shape index (κ3) is 12.4. The van der Waals surface area contributed by atoms with Gasteiger partial charge < -0.3 is 20.4 Å². The number of aliphatic hydroxyl groups excluding tert-OH is 3. The maximum atomic E-state index is 9.79. The molecular weight excluding hydrogens is 236 g/mol. The van der Waals surface area contributed by atoms with Gasteiger partial charge in [-0.15, -0.1) is 37.9 Å². The Morgan fingerprint density at radius 1 is 1.23 bits per heavy atom. The Bertz CT molecular complexity index is 142. The Labute approximate surface area is 92.0 Å². The minimum absolute atomic E-state index is 0.365. The van der Waals surface area contributed by atoms with Crippen molar-refractivity contribution in [2.24, 2.45) is 0 Å². The van der Waals surface area contributed by atoms with Crippen LogP contribution in [0, 0.1) is 0 Å². The van der Waals surface area contributed by atoms with Gasteiger partial charge in [0.05, 0.1) is 13.2 Å². The van der Waals surface area contributed by atoms with Crippen LogP contribution in [0.3, 0.4) is 0 Å². The van der Waals surface area contributed by atoms with Crippen LogP contribution in [-0.4, -0.2) is 49.1 Å². The van der Waals surface area contributed by atoms with Crippen molar-refractivity contribution in [1.82, 2.24) is 0 Å². The number of hydrogen-bond donors (Lipinski definition) is 7. The second-order valence-corrected chi connectivity index (χ2v) is 5.03. The van der Waals surface area contributed by atoms with Crippen molar-refractivity contribution in [3.63, 3.8) is 0 Å². The molecule has 0 aromatic carbocycles. The van der Waals surface area contributed by atoms with E-state index in [1.807, 2.05) is 0 Å². The van der Waals surface area contributed by atoms with E-state index in [-0.39, 0.29) is 13.2 Å². The van der Waals surface area contributed by atoms with Gasteiger partial charge in [0.2, 0.25) is 0 Å². The normalized spacial score (nSPS) is 10.7. The maximum absolute atomic E-state index is 9.79. The van der Waals surface area contributed by atoms with E-state index in [2.05, 4.69) is 37.9 Å². The molecule has 0 unspecified atom stereocenters. The Morgan fingerprint density at radius 2 is 1.46 bits per heavy atom. The Morgan fingerprint density at radius 3 is 1.46 bits per heavy atom. The van der Waals surface area contributed by atoms with Crippen LogP contribution in [0.25, 0.3) is 0 Å². The van der Waals surface area contributed by atoms with Gasteiger partial charge in [-0.05, 0) is 0 Å².